The molecular formula is C14H19N3O. The van der Waals surface area contributed by atoms with Gasteiger partial charge in [0.25, 0.3) is 0 Å². The fraction of sp³-hybridized carbons (Fsp3) is 0.429. The van der Waals surface area contributed by atoms with E-state index in [9.17, 15) is 5.11 Å². The Bertz CT molecular complexity index is 558. The topological polar surface area (TPSA) is 50.9 Å². The molecule has 0 saturated carbocycles. The van der Waals surface area contributed by atoms with E-state index in [1.807, 2.05) is 4.68 Å². The van der Waals surface area contributed by atoms with Crippen LogP contribution in [-0.4, -0.2) is 20.1 Å². The van der Waals surface area contributed by atoms with Crippen LogP contribution < -0.4 is 0 Å². The average molecular weight is 245 g/mol. The minimum atomic E-state index is -0.0711. The molecule has 1 aromatic heterocycles. The molecule has 0 aliphatic heterocycles. The summed E-state index contributed by atoms with van der Waals surface area (Å²) in [5, 5.41) is 17.6. The second-order valence-electron chi connectivity index (χ2n) is 4.94. The Balaban J connectivity index is 2.63. The van der Waals surface area contributed by atoms with Gasteiger partial charge in [0.15, 0.2) is 0 Å². The van der Waals surface area contributed by atoms with Crippen molar-refractivity contribution in [3.8, 4) is 5.69 Å². The molecule has 0 saturated heterocycles. The maximum Gasteiger partial charge on any atom is 0.112 e. The zero-order valence-corrected chi connectivity index (χ0v) is 11.3. The van der Waals surface area contributed by atoms with E-state index in [1.54, 1.807) is 0 Å². The van der Waals surface area contributed by atoms with Crippen LogP contribution in [0, 0.1) is 13.8 Å². The maximum atomic E-state index is 9.34. The van der Waals surface area contributed by atoms with Gasteiger partial charge < -0.3 is 5.11 Å². The number of aliphatic hydroxyl groups excluding tert-OH is 1. The van der Waals surface area contributed by atoms with Crippen LogP contribution in [-0.2, 0) is 6.61 Å². The Kier molecular flexibility index (Phi) is 3.48. The summed E-state index contributed by atoms with van der Waals surface area (Å²) in [6.45, 7) is 8.21. The molecule has 0 atom stereocenters. The lowest BCUT2D eigenvalue weighted by Gasteiger charge is -2.13. The van der Waals surface area contributed by atoms with Crippen LogP contribution in [0.2, 0.25) is 0 Å². The highest BCUT2D eigenvalue weighted by molar-refractivity contribution is 5.44. The van der Waals surface area contributed by atoms with E-state index in [4.69, 9.17) is 0 Å². The average Bonchev–Trinajstić information content (AvgIpc) is 2.75. The van der Waals surface area contributed by atoms with Gasteiger partial charge in [-0.25, -0.2) is 4.68 Å². The summed E-state index contributed by atoms with van der Waals surface area (Å²) in [6.07, 6.45) is 0. The molecule has 4 nitrogen and oxygen atoms in total. The highest BCUT2D eigenvalue weighted by Gasteiger charge is 2.17. The number of aromatic nitrogens is 3. The summed E-state index contributed by atoms with van der Waals surface area (Å²) in [5.41, 5.74) is 5.01. The second-order valence-corrected chi connectivity index (χ2v) is 4.94. The molecule has 18 heavy (non-hydrogen) atoms. The third-order valence-corrected chi connectivity index (χ3v) is 3.07. The van der Waals surface area contributed by atoms with Crippen molar-refractivity contribution < 1.29 is 5.11 Å². The molecule has 0 radical (unpaired) electrons. The van der Waals surface area contributed by atoms with Crippen molar-refractivity contribution in [3.05, 3.63) is 40.7 Å². The summed E-state index contributed by atoms with van der Waals surface area (Å²) in [5.74, 6) is 0.266. The summed E-state index contributed by atoms with van der Waals surface area (Å²) >= 11 is 0. The summed E-state index contributed by atoms with van der Waals surface area (Å²) in [4.78, 5) is 0. The molecule has 0 aliphatic rings. The number of aliphatic hydroxyl groups is 1. The largest absolute Gasteiger partial charge is 0.390 e. The highest BCUT2D eigenvalue weighted by atomic mass is 16.3. The van der Waals surface area contributed by atoms with Crippen LogP contribution in [0.5, 0.6) is 0 Å². The van der Waals surface area contributed by atoms with Crippen LogP contribution in [0.1, 0.15) is 42.3 Å². The number of benzene rings is 1. The predicted molar refractivity (Wildman–Crippen MR) is 70.8 cm³/mol. The van der Waals surface area contributed by atoms with Crippen molar-refractivity contribution in [1.82, 2.24) is 15.0 Å². The number of nitrogens with zero attached hydrogens (tertiary/aromatic N) is 3. The quantitative estimate of drug-likeness (QED) is 0.904. The van der Waals surface area contributed by atoms with Crippen molar-refractivity contribution in [2.45, 2.75) is 40.2 Å². The maximum absolute atomic E-state index is 9.34. The van der Waals surface area contributed by atoms with Crippen LogP contribution in [0.3, 0.4) is 0 Å². The number of hydrogen-bond acceptors (Lipinski definition) is 3. The Labute approximate surface area is 107 Å². The third-order valence-electron chi connectivity index (χ3n) is 3.07. The van der Waals surface area contributed by atoms with E-state index in [1.165, 1.54) is 5.56 Å². The van der Waals surface area contributed by atoms with Gasteiger partial charge in [-0.15, -0.1) is 5.10 Å². The molecule has 0 aliphatic carbocycles. The number of hydrogen-bond donors (Lipinski definition) is 1. The molecule has 0 amide bonds. The zero-order valence-electron chi connectivity index (χ0n) is 11.3. The lowest BCUT2D eigenvalue weighted by molar-refractivity contribution is 0.275. The van der Waals surface area contributed by atoms with E-state index in [2.05, 4.69) is 56.2 Å². The van der Waals surface area contributed by atoms with Crippen molar-refractivity contribution in [1.29, 1.82) is 0 Å². The van der Waals surface area contributed by atoms with Gasteiger partial charge in [0.1, 0.15) is 5.69 Å². The molecule has 1 aromatic carbocycles. The van der Waals surface area contributed by atoms with E-state index < -0.39 is 0 Å². The van der Waals surface area contributed by atoms with Crippen LogP contribution in [0.25, 0.3) is 5.69 Å². The van der Waals surface area contributed by atoms with Crippen LogP contribution >= 0.6 is 0 Å². The number of aryl methyl sites for hydroxylation is 2. The van der Waals surface area contributed by atoms with Gasteiger partial charge in [-0.1, -0.05) is 31.2 Å². The van der Waals surface area contributed by atoms with Gasteiger partial charge in [-0.3, -0.25) is 0 Å². The fourth-order valence-electron chi connectivity index (χ4n) is 2.14. The van der Waals surface area contributed by atoms with Gasteiger partial charge >= 0.3 is 0 Å². The zero-order chi connectivity index (χ0) is 13.3. The van der Waals surface area contributed by atoms with E-state index in [-0.39, 0.29) is 12.5 Å². The second kappa shape index (κ2) is 4.90. The number of rotatable bonds is 3. The summed E-state index contributed by atoms with van der Waals surface area (Å²) in [6, 6.07) is 6.25. The fourth-order valence-corrected chi connectivity index (χ4v) is 2.14. The smallest absolute Gasteiger partial charge is 0.112 e. The third kappa shape index (κ3) is 2.16. The highest BCUT2D eigenvalue weighted by Crippen LogP contribution is 2.23. The first kappa shape index (κ1) is 12.8. The predicted octanol–water partition coefficient (Wildman–Crippen LogP) is 2.50. The van der Waals surface area contributed by atoms with Crippen LogP contribution in [0.15, 0.2) is 18.2 Å². The molecule has 0 unspecified atom stereocenters. The van der Waals surface area contributed by atoms with Crippen molar-refractivity contribution in [3.63, 3.8) is 0 Å². The molecule has 0 spiro atoms. The Hall–Kier alpha value is -1.68. The van der Waals surface area contributed by atoms with E-state index >= 15 is 0 Å². The van der Waals surface area contributed by atoms with E-state index in [0.29, 0.717) is 5.69 Å². The van der Waals surface area contributed by atoms with Gasteiger partial charge in [-0.2, -0.15) is 0 Å². The summed E-state index contributed by atoms with van der Waals surface area (Å²) in [7, 11) is 0. The minimum Gasteiger partial charge on any atom is -0.390 e. The molecule has 1 N–H and O–H groups in total. The molecule has 0 fully saturated rings. The molecule has 0 bridgehead atoms. The molecular weight excluding hydrogens is 226 g/mol. The Morgan fingerprint density at radius 3 is 2.61 bits per heavy atom. The summed E-state index contributed by atoms with van der Waals surface area (Å²) < 4.78 is 1.85. The molecule has 96 valence electrons. The molecule has 4 heteroatoms. The SMILES string of the molecule is Cc1ccc(C)c(-n2nnc(CO)c2C(C)C)c1. The van der Waals surface area contributed by atoms with Gasteiger partial charge in [0.05, 0.1) is 18.0 Å². The Morgan fingerprint density at radius 1 is 1.28 bits per heavy atom. The van der Waals surface area contributed by atoms with E-state index in [0.717, 1.165) is 16.9 Å². The van der Waals surface area contributed by atoms with Crippen LogP contribution in [0.4, 0.5) is 0 Å². The normalized spacial score (nSPS) is 11.2. The molecule has 2 aromatic rings. The van der Waals surface area contributed by atoms with Gasteiger partial charge in [0, 0.05) is 0 Å². The lowest BCUT2D eigenvalue weighted by atomic mass is 10.1. The van der Waals surface area contributed by atoms with Crippen molar-refractivity contribution in [2.75, 3.05) is 0 Å². The standard InChI is InChI=1S/C14H19N3O/c1-9(2)14-12(8-18)15-16-17(14)13-7-10(3)5-6-11(13)4/h5-7,9,18H,8H2,1-4H3. The monoisotopic (exact) mass is 245 g/mol. The minimum absolute atomic E-state index is 0.0711. The Morgan fingerprint density at radius 2 is 2.00 bits per heavy atom. The van der Waals surface area contributed by atoms with Crippen molar-refractivity contribution in [2.24, 2.45) is 0 Å². The first-order valence-electron chi connectivity index (χ1n) is 6.17. The first-order valence-corrected chi connectivity index (χ1v) is 6.17. The molecule has 1 heterocycles. The van der Waals surface area contributed by atoms with Crippen molar-refractivity contribution >= 4 is 0 Å². The first-order chi connectivity index (χ1) is 8.54. The van der Waals surface area contributed by atoms with Gasteiger partial charge in [0.2, 0.25) is 0 Å². The van der Waals surface area contributed by atoms with Gasteiger partial charge in [-0.05, 0) is 37.0 Å². The lowest BCUT2D eigenvalue weighted by Crippen LogP contribution is -2.07. The molecule has 2 rings (SSSR count).